The monoisotopic (exact) mass is 345 g/mol. The molecule has 0 fully saturated rings. The molecule has 2 aromatic rings. The summed E-state index contributed by atoms with van der Waals surface area (Å²) < 4.78 is 1.33. The third kappa shape index (κ3) is 5.94. The van der Waals surface area contributed by atoms with Crippen molar-refractivity contribution in [2.75, 3.05) is 0 Å². The number of carboxylic acid groups (broad SMARTS) is 1. The largest absolute Gasteiger partial charge is 0.481 e. The Hall–Kier alpha value is -3.43. The standard InChI is InChI=1S/C15H19N7O3/c16-15(17)18-7-11-8-22(21-20-11)9-13(23)19-12(6-14(24)25)10-4-2-1-3-5-10/h1-5,8,12H,6-7,9H2,(H,19,23)(H,24,25)(H4,16,17,18)/t12-/m1/s1. The number of nitrogens with one attached hydrogen (secondary N) is 1. The van der Waals surface area contributed by atoms with Crippen molar-refractivity contribution in [3.05, 3.63) is 47.8 Å². The van der Waals surface area contributed by atoms with Crippen LogP contribution in [0.4, 0.5) is 0 Å². The van der Waals surface area contributed by atoms with E-state index in [-0.39, 0.29) is 31.4 Å². The molecule has 132 valence electrons. The number of hydrogen-bond acceptors (Lipinski definition) is 5. The summed E-state index contributed by atoms with van der Waals surface area (Å²) in [5.74, 6) is -1.45. The molecule has 0 aliphatic rings. The van der Waals surface area contributed by atoms with Crippen LogP contribution in [0.5, 0.6) is 0 Å². The van der Waals surface area contributed by atoms with Crippen LogP contribution in [-0.2, 0) is 22.7 Å². The van der Waals surface area contributed by atoms with Gasteiger partial charge in [0.2, 0.25) is 5.91 Å². The van der Waals surface area contributed by atoms with Gasteiger partial charge in [-0.3, -0.25) is 9.59 Å². The van der Waals surface area contributed by atoms with E-state index in [1.54, 1.807) is 30.5 Å². The zero-order valence-electron chi connectivity index (χ0n) is 13.4. The topological polar surface area (TPSA) is 162 Å². The molecule has 0 spiro atoms. The Labute approximate surface area is 143 Å². The molecular formula is C15H19N7O3. The molecule has 0 aliphatic heterocycles. The number of aliphatic carboxylic acids is 1. The maximum Gasteiger partial charge on any atom is 0.305 e. The smallest absolute Gasteiger partial charge is 0.305 e. The number of hydrogen-bond donors (Lipinski definition) is 4. The molecule has 2 rings (SSSR count). The van der Waals surface area contributed by atoms with Gasteiger partial charge in [-0.15, -0.1) is 5.10 Å². The maximum atomic E-state index is 12.2. The van der Waals surface area contributed by atoms with E-state index in [0.717, 1.165) is 0 Å². The number of nitrogens with two attached hydrogens (primary N) is 2. The molecule has 1 amide bonds. The molecule has 1 aromatic carbocycles. The van der Waals surface area contributed by atoms with Crippen LogP contribution in [0.1, 0.15) is 23.7 Å². The van der Waals surface area contributed by atoms with Gasteiger partial charge >= 0.3 is 5.97 Å². The highest BCUT2D eigenvalue weighted by atomic mass is 16.4. The second-order valence-corrected chi connectivity index (χ2v) is 5.28. The molecule has 6 N–H and O–H groups in total. The van der Waals surface area contributed by atoms with Crippen molar-refractivity contribution in [1.29, 1.82) is 0 Å². The molecule has 1 atom stereocenters. The van der Waals surface area contributed by atoms with Crippen LogP contribution in [-0.4, -0.2) is 37.9 Å². The minimum Gasteiger partial charge on any atom is -0.481 e. The van der Waals surface area contributed by atoms with Crippen LogP contribution in [0.25, 0.3) is 0 Å². The van der Waals surface area contributed by atoms with Crippen LogP contribution in [0.2, 0.25) is 0 Å². The highest BCUT2D eigenvalue weighted by Gasteiger charge is 2.18. The van der Waals surface area contributed by atoms with E-state index in [2.05, 4.69) is 20.6 Å². The number of amides is 1. The lowest BCUT2D eigenvalue weighted by molar-refractivity contribution is -0.137. The van der Waals surface area contributed by atoms with Crippen LogP contribution in [0.15, 0.2) is 41.5 Å². The molecule has 0 aliphatic carbocycles. The van der Waals surface area contributed by atoms with E-state index in [4.69, 9.17) is 16.6 Å². The Morgan fingerprint density at radius 3 is 2.64 bits per heavy atom. The average molecular weight is 345 g/mol. The molecule has 0 unspecified atom stereocenters. The molecule has 0 radical (unpaired) electrons. The minimum absolute atomic E-state index is 0.0633. The quantitative estimate of drug-likeness (QED) is 0.366. The van der Waals surface area contributed by atoms with Crippen molar-refractivity contribution in [2.24, 2.45) is 16.5 Å². The van der Waals surface area contributed by atoms with Crippen molar-refractivity contribution >= 4 is 17.8 Å². The van der Waals surface area contributed by atoms with Gasteiger partial charge in [-0.1, -0.05) is 35.5 Å². The lowest BCUT2D eigenvalue weighted by Gasteiger charge is -2.17. The molecule has 1 aromatic heterocycles. The molecule has 1 heterocycles. The lowest BCUT2D eigenvalue weighted by Crippen LogP contribution is -2.33. The van der Waals surface area contributed by atoms with Crippen molar-refractivity contribution in [1.82, 2.24) is 20.3 Å². The van der Waals surface area contributed by atoms with E-state index in [0.29, 0.717) is 11.3 Å². The van der Waals surface area contributed by atoms with Gasteiger partial charge in [0, 0.05) is 0 Å². The van der Waals surface area contributed by atoms with E-state index in [9.17, 15) is 9.59 Å². The molecule has 0 saturated carbocycles. The Morgan fingerprint density at radius 2 is 2.00 bits per heavy atom. The summed E-state index contributed by atoms with van der Waals surface area (Å²) in [6, 6.07) is 8.27. The molecule has 10 nitrogen and oxygen atoms in total. The van der Waals surface area contributed by atoms with Crippen molar-refractivity contribution < 1.29 is 14.7 Å². The summed E-state index contributed by atoms with van der Waals surface area (Å²) in [5, 5.41) is 19.4. The number of benzene rings is 1. The highest BCUT2D eigenvalue weighted by Crippen LogP contribution is 2.16. The SMILES string of the molecule is NC(N)=NCc1cn(CC(=O)N[C@H](CC(=O)O)c2ccccc2)nn1. The molecule has 10 heteroatoms. The number of guanidine groups is 1. The van der Waals surface area contributed by atoms with E-state index < -0.39 is 12.0 Å². The first kappa shape index (κ1) is 17.9. The van der Waals surface area contributed by atoms with Gasteiger partial charge in [0.25, 0.3) is 0 Å². The Kier molecular flexibility index (Phi) is 6.04. The number of aromatic nitrogens is 3. The summed E-state index contributed by atoms with van der Waals surface area (Å²) in [4.78, 5) is 27.0. The number of nitrogens with zero attached hydrogens (tertiary/aromatic N) is 4. The second-order valence-electron chi connectivity index (χ2n) is 5.28. The predicted octanol–water partition coefficient (Wildman–Crippen LogP) is -0.616. The molecular weight excluding hydrogens is 326 g/mol. The summed E-state index contributed by atoms with van der Waals surface area (Å²) in [6.07, 6.45) is 1.32. The predicted molar refractivity (Wildman–Crippen MR) is 89.1 cm³/mol. The maximum absolute atomic E-state index is 12.2. The van der Waals surface area contributed by atoms with Gasteiger partial charge in [0.05, 0.1) is 25.2 Å². The van der Waals surface area contributed by atoms with Crippen LogP contribution in [0.3, 0.4) is 0 Å². The Balaban J connectivity index is 1.99. The van der Waals surface area contributed by atoms with Crippen LogP contribution >= 0.6 is 0 Å². The van der Waals surface area contributed by atoms with Gasteiger partial charge in [-0.05, 0) is 5.56 Å². The first-order chi connectivity index (χ1) is 11.9. The summed E-state index contributed by atoms with van der Waals surface area (Å²) in [6.45, 7) is 0.0629. The van der Waals surface area contributed by atoms with Gasteiger partial charge in [0.1, 0.15) is 12.2 Å². The Bertz CT molecular complexity index is 753. The fourth-order valence-corrected chi connectivity index (χ4v) is 2.16. The van der Waals surface area contributed by atoms with Crippen LogP contribution in [0, 0.1) is 0 Å². The normalized spacial score (nSPS) is 11.5. The van der Waals surface area contributed by atoms with E-state index in [1.165, 1.54) is 4.68 Å². The van der Waals surface area contributed by atoms with Crippen LogP contribution < -0.4 is 16.8 Å². The van der Waals surface area contributed by atoms with Gasteiger partial charge < -0.3 is 21.9 Å². The van der Waals surface area contributed by atoms with E-state index in [1.807, 2.05) is 6.07 Å². The number of rotatable bonds is 8. The molecule has 0 bridgehead atoms. The Morgan fingerprint density at radius 1 is 1.28 bits per heavy atom. The number of aliphatic imine (C=N–C) groups is 1. The van der Waals surface area contributed by atoms with Crippen molar-refractivity contribution in [3.63, 3.8) is 0 Å². The van der Waals surface area contributed by atoms with Gasteiger partial charge in [0.15, 0.2) is 5.96 Å². The summed E-state index contributed by atoms with van der Waals surface area (Å²) >= 11 is 0. The lowest BCUT2D eigenvalue weighted by atomic mass is 10.0. The van der Waals surface area contributed by atoms with Gasteiger partial charge in [-0.2, -0.15) is 0 Å². The van der Waals surface area contributed by atoms with E-state index >= 15 is 0 Å². The minimum atomic E-state index is -1.01. The van der Waals surface area contributed by atoms with Crippen molar-refractivity contribution in [3.8, 4) is 0 Å². The first-order valence-electron chi connectivity index (χ1n) is 7.44. The molecule has 0 saturated heterocycles. The second kappa shape index (κ2) is 8.43. The zero-order chi connectivity index (χ0) is 18.2. The molecule has 25 heavy (non-hydrogen) atoms. The third-order valence-electron chi connectivity index (χ3n) is 3.23. The number of carbonyl (C=O) groups is 2. The highest BCUT2D eigenvalue weighted by molar-refractivity contribution is 5.77. The van der Waals surface area contributed by atoms with Crippen molar-refractivity contribution in [2.45, 2.75) is 25.6 Å². The fraction of sp³-hybridized carbons (Fsp3) is 0.267. The first-order valence-corrected chi connectivity index (χ1v) is 7.44. The third-order valence-corrected chi connectivity index (χ3v) is 3.23. The summed E-state index contributed by atoms with van der Waals surface area (Å²) in [7, 11) is 0. The van der Waals surface area contributed by atoms with Gasteiger partial charge in [-0.25, -0.2) is 9.67 Å². The summed E-state index contributed by atoms with van der Waals surface area (Å²) in [5.41, 5.74) is 11.7. The average Bonchev–Trinajstić information content (AvgIpc) is 3.00. The fourth-order valence-electron chi connectivity index (χ4n) is 2.16. The zero-order valence-corrected chi connectivity index (χ0v) is 13.4. The number of carboxylic acids is 1. The number of carbonyl (C=O) groups excluding carboxylic acids is 1.